The molecule has 1 aromatic rings. The second kappa shape index (κ2) is 6.80. The van der Waals surface area contributed by atoms with Crippen molar-refractivity contribution in [2.24, 2.45) is 0 Å². The lowest BCUT2D eigenvalue weighted by Gasteiger charge is -2.15. The SMILES string of the molecule is CCSC1CCC(Nc2cc(Cl)nc(C(C)C)n2)C1. The minimum atomic E-state index is 0.297. The first-order valence-corrected chi connectivity index (χ1v) is 8.43. The Kier molecular flexibility index (Phi) is 5.34. The first-order valence-electron chi connectivity index (χ1n) is 7.01. The number of anilines is 1. The van der Waals surface area contributed by atoms with Crippen molar-refractivity contribution in [3.8, 4) is 0 Å². The van der Waals surface area contributed by atoms with Gasteiger partial charge in [0.25, 0.3) is 0 Å². The fourth-order valence-electron chi connectivity index (χ4n) is 2.43. The van der Waals surface area contributed by atoms with Crippen molar-refractivity contribution in [1.82, 2.24) is 9.97 Å². The van der Waals surface area contributed by atoms with Crippen molar-refractivity contribution < 1.29 is 0 Å². The van der Waals surface area contributed by atoms with Gasteiger partial charge in [-0.25, -0.2) is 9.97 Å². The van der Waals surface area contributed by atoms with Gasteiger partial charge in [0.2, 0.25) is 0 Å². The Bertz CT molecular complexity index is 425. The molecule has 0 radical (unpaired) electrons. The van der Waals surface area contributed by atoms with E-state index in [0.717, 1.165) is 16.9 Å². The van der Waals surface area contributed by atoms with E-state index in [4.69, 9.17) is 11.6 Å². The quantitative estimate of drug-likeness (QED) is 0.821. The van der Waals surface area contributed by atoms with Crippen molar-refractivity contribution in [3.63, 3.8) is 0 Å². The van der Waals surface area contributed by atoms with Gasteiger partial charge in [-0.1, -0.05) is 32.4 Å². The molecular formula is C14H22ClN3S. The molecule has 0 bridgehead atoms. The monoisotopic (exact) mass is 299 g/mol. The summed E-state index contributed by atoms with van der Waals surface area (Å²) in [5.41, 5.74) is 0. The van der Waals surface area contributed by atoms with Gasteiger partial charge in [0.15, 0.2) is 0 Å². The summed E-state index contributed by atoms with van der Waals surface area (Å²) >= 11 is 8.13. The summed E-state index contributed by atoms with van der Waals surface area (Å²) in [6.45, 7) is 6.39. The molecule has 0 spiro atoms. The molecule has 2 rings (SSSR count). The zero-order valence-electron chi connectivity index (χ0n) is 11.8. The van der Waals surface area contributed by atoms with E-state index in [2.05, 4.69) is 47.8 Å². The van der Waals surface area contributed by atoms with Crippen LogP contribution in [-0.2, 0) is 0 Å². The highest BCUT2D eigenvalue weighted by Crippen LogP contribution is 2.31. The van der Waals surface area contributed by atoms with E-state index in [0.29, 0.717) is 17.1 Å². The summed E-state index contributed by atoms with van der Waals surface area (Å²) in [6.07, 6.45) is 3.74. The third-order valence-electron chi connectivity index (χ3n) is 3.37. The van der Waals surface area contributed by atoms with Gasteiger partial charge in [0.05, 0.1) is 0 Å². The van der Waals surface area contributed by atoms with E-state index in [1.54, 1.807) is 0 Å². The Morgan fingerprint density at radius 3 is 2.89 bits per heavy atom. The highest BCUT2D eigenvalue weighted by atomic mass is 35.5. The topological polar surface area (TPSA) is 37.8 Å². The number of hydrogen-bond acceptors (Lipinski definition) is 4. The zero-order valence-corrected chi connectivity index (χ0v) is 13.4. The lowest BCUT2D eigenvalue weighted by atomic mass is 10.2. The summed E-state index contributed by atoms with van der Waals surface area (Å²) in [6, 6.07) is 2.35. The molecule has 1 aliphatic rings. The number of halogens is 1. The molecule has 0 aliphatic heterocycles. The van der Waals surface area contributed by atoms with Crippen LogP contribution in [0.3, 0.4) is 0 Å². The molecule has 3 nitrogen and oxygen atoms in total. The molecule has 0 amide bonds. The number of nitrogens with one attached hydrogen (secondary N) is 1. The molecule has 1 aliphatic carbocycles. The lowest BCUT2D eigenvalue weighted by Crippen LogP contribution is -2.17. The number of hydrogen-bond donors (Lipinski definition) is 1. The van der Waals surface area contributed by atoms with Gasteiger partial charge in [0.1, 0.15) is 16.8 Å². The number of aromatic nitrogens is 2. The predicted octanol–water partition coefficient (Wildman–Crippen LogP) is 4.34. The van der Waals surface area contributed by atoms with Crippen molar-refractivity contribution in [2.45, 2.75) is 57.2 Å². The summed E-state index contributed by atoms with van der Waals surface area (Å²) in [5, 5.41) is 4.84. The second-order valence-corrected chi connectivity index (χ2v) is 7.29. The van der Waals surface area contributed by atoms with Crippen LogP contribution in [0.15, 0.2) is 6.07 Å². The first-order chi connectivity index (χ1) is 9.08. The minimum Gasteiger partial charge on any atom is -0.367 e. The van der Waals surface area contributed by atoms with E-state index in [-0.39, 0.29) is 0 Å². The summed E-state index contributed by atoms with van der Waals surface area (Å²) in [4.78, 5) is 8.82. The third kappa shape index (κ3) is 4.25. The average molecular weight is 300 g/mol. The molecular weight excluding hydrogens is 278 g/mol. The molecule has 0 saturated heterocycles. The molecule has 1 heterocycles. The van der Waals surface area contributed by atoms with Gasteiger partial charge < -0.3 is 5.32 Å². The van der Waals surface area contributed by atoms with Gasteiger partial charge in [-0.3, -0.25) is 0 Å². The van der Waals surface area contributed by atoms with E-state index >= 15 is 0 Å². The maximum absolute atomic E-state index is 6.06. The number of thioether (sulfide) groups is 1. The highest BCUT2D eigenvalue weighted by molar-refractivity contribution is 7.99. The third-order valence-corrected chi connectivity index (χ3v) is 4.79. The van der Waals surface area contributed by atoms with Crippen LogP contribution in [0.1, 0.15) is 51.8 Å². The van der Waals surface area contributed by atoms with E-state index in [1.165, 1.54) is 25.0 Å². The normalized spacial score (nSPS) is 23.0. The van der Waals surface area contributed by atoms with Crippen molar-refractivity contribution in [2.75, 3.05) is 11.1 Å². The summed E-state index contributed by atoms with van der Waals surface area (Å²) in [5.74, 6) is 3.18. The van der Waals surface area contributed by atoms with Gasteiger partial charge >= 0.3 is 0 Å². The highest BCUT2D eigenvalue weighted by Gasteiger charge is 2.24. The van der Waals surface area contributed by atoms with Gasteiger partial charge in [-0.2, -0.15) is 11.8 Å². The Hall–Kier alpha value is -0.480. The summed E-state index contributed by atoms with van der Waals surface area (Å²) in [7, 11) is 0. The maximum Gasteiger partial charge on any atom is 0.135 e. The second-order valence-electron chi connectivity index (χ2n) is 5.32. The van der Waals surface area contributed by atoms with Crippen LogP contribution in [0.25, 0.3) is 0 Å². The fourth-order valence-corrected chi connectivity index (χ4v) is 3.77. The molecule has 106 valence electrons. The molecule has 0 aromatic carbocycles. The zero-order chi connectivity index (χ0) is 13.8. The molecule has 5 heteroatoms. The molecule has 1 saturated carbocycles. The fraction of sp³-hybridized carbons (Fsp3) is 0.714. The Labute approximate surface area is 124 Å². The van der Waals surface area contributed by atoms with Crippen LogP contribution in [0.4, 0.5) is 5.82 Å². The molecule has 1 N–H and O–H groups in total. The van der Waals surface area contributed by atoms with Gasteiger partial charge in [0, 0.05) is 23.3 Å². The Morgan fingerprint density at radius 1 is 1.42 bits per heavy atom. The van der Waals surface area contributed by atoms with E-state index in [9.17, 15) is 0 Å². The van der Waals surface area contributed by atoms with Crippen LogP contribution in [0.2, 0.25) is 5.15 Å². The number of rotatable bonds is 5. The molecule has 2 unspecified atom stereocenters. The van der Waals surface area contributed by atoms with Crippen LogP contribution in [0, 0.1) is 0 Å². The first kappa shape index (κ1) is 14.9. The average Bonchev–Trinajstić information content (AvgIpc) is 2.76. The molecule has 19 heavy (non-hydrogen) atoms. The minimum absolute atomic E-state index is 0.297. The predicted molar refractivity (Wildman–Crippen MR) is 84.3 cm³/mol. The van der Waals surface area contributed by atoms with E-state index < -0.39 is 0 Å². The Balaban J connectivity index is 1.99. The van der Waals surface area contributed by atoms with Crippen molar-refractivity contribution >= 4 is 29.2 Å². The smallest absolute Gasteiger partial charge is 0.135 e. The number of nitrogens with zero attached hydrogens (tertiary/aromatic N) is 2. The van der Waals surface area contributed by atoms with Crippen molar-refractivity contribution in [1.29, 1.82) is 0 Å². The molecule has 2 atom stereocenters. The Morgan fingerprint density at radius 2 is 2.21 bits per heavy atom. The standard InChI is InChI=1S/C14H22ClN3S/c1-4-19-11-6-5-10(7-11)16-13-8-12(15)17-14(18-13)9(2)3/h8-11H,4-7H2,1-3H3,(H,16,17,18). The van der Waals surface area contributed by atoms with E-state index in [1.807, 2.05) is 6.07 Å². The van der Waals surface area contributed by atoms with Gasteiger partial charge in [-0.15, -0.1) is 0 Å². The largest absolute Gasteiger partial charge is 0.367 e. The lowest BCUT2D eigenvalue weighted by molar-refractivity contribution is 0.736. The summed E-state index contributed by atoms with van der Waals surface area (Å²) < 4.78 is 0. The van der Waals surface area contributed by atoms with Gasteiger partial charge in [-0.05, 0) is 25.0 Å². The van der Waals surface area contributed by atoms with Crippen LogP contribution < -0.4 is 5.32 Å². The van der Waals surface area contributed by atoms with Crippen LogP contribution in [0.5, 0.6) is 0 Å². The van der Waals surface area contributed by atoms with Crippen LogP contribution in [-0.4, -0.2) is 27.0 Å². The maximum atomic E-state index is 6.06. The molecule has 1 fully saturated rings. The van der Waals surface area contributed by atoms with Crippen molar-refractivity contribution in [3.05, 3.63) is 17.0 Å². The molecule has 1 aromatic heterocycles. The van der Waals surface area contributed by atoms with Crippen LogP contribution >= 0.6 is 23.4 Å².